The number of hydrogen-bond donors (Lipinski definition) is 0. The van der Waals surface area contributed by atoms with Gasteiger partial charge >= 0.3 is 0 Å². The van der Waals surface area contributed by atoms with Crippen molar-refractivity contribution >= 4 is 27.5 Å². The van der Waals surface area contributed by atoms with Crippen LogP contribution >= 0.6 is 15.9 Å². The first kappa shape index (κ1) is 15.1. The number of rotatable bonds is 4. The first-order valence-corrected chi connectivity index (χ1v) is 6.24. The van der Waals surface area contributed by atoms with E-state index in [0.29, 0.717) is 4.47 Å². The minimum atomic E-state index is -0.556. The second-order valence-corrected chi connectivity index (χ2v) is 5.09. The zero-order valence-corrected chi connectivity index (χ0v) is 12.0. The smallest absolute Gasteiger partial charge is 0.271 e. The number of nitrogens with zero attached hydrogens (tertiary/aromatic N) is 3. The molecule has 1 atom stereocenters. The minimum absolute atomic E-state index is 0.153. The number of carbonyl (C=O) groups excluding carboxylic acids is 1. The normalized spacial score (nSPS) is 11.5. The lowest BCUT2D eigenvalue weighted by molar-refractivity contribution is -0.385. The Morgan fingerprint density at radius 2 is 2.21 bits per heavy atom. The third-order valence-corrected chi connectivity index (χ3v) is 2.91. The van der Waals surface area contributed by atoms with E-state index in [-0.39, 0.29) is 29.6 Å². The van der Waals surface area contributed by atoms with Crippen molar-refractivity contribution in [2.45, 2.75) is 6.92 Å². The Morgan fingerprint density at radius 1 is 1.58 bits per heavy atom. The van der Waals surface area contributed by atoms with Gasteiger partial charge in [-0.2, -0.15) is 5.26 Å². The molecule has 1 aromatic rings. The average molecular weight is 326 g/mol. The molecule has 0 aliphatic rings. The van der Waals surface area contributed by atoms with E-state index >= 15 is 0 Å². The van der Waals surface area contributed by atoms with Gasteiger partial charge in [-0.25, -0.2) is 0 Å². The van der Waals surface area contributed by atoms with Crippen LogP contribution in [0.4, 0.5) is 5.69 Å². The summed E-state index contributed by atoms with van der Waals surface area (Å²) in [6, 6.07) is 6.10. The lowest BCUT2D eigenvalue weighted by Crippen LogP contribution is -2.30. The molecule has 0 heterocycles. The average Bonchev–Trinajstić information content (AvgIpc) is 2.36. The molecule has 1 unspecified atom stereocenters. The maximum atomic E-state index is 12.1. The second-order valence-electron chi connectivity index (χ2n) is 4.17. The Morgan fingerprint density at radius 3 is 2.74 bits per heavy atom. The van der Waals surface area contributed by atoms with Crippen molar-refractivity contribution in [1.29, 1.82) is 5.26 Å². The third kappa shape index (κ3) is 4.03. The number of non-ortho nitro benzene ring substituents is 1. The van der Waals surface area contributed by atoms with Crippen LogP contribution in [0, 0.1) is 27.4 Å². The summed E-state index contributed by atoms with van der Waals surface area (Å²) in [6.07, 6.45) is 0. The van der Waals surface area contributed by atoms with Crippen molar-refractivity contribution in [3.8, 4) is 6.07 Å². The summed E-state index contributed by atoms with van der Waals surface area (Å²) in [5.74, 6) is -0.650. The number of benzene rings is 1. The zero-order chi connectivity index (χ0) is 14.6. The van der Waals surface area contributed by atoms with Crippen LogP contribution in [0.25, 0.3) is 0 Å². The van der Waals surface area contributed by atoms with Crippen molar-refractivity contribution in [2.24, 2.45) is 5.92 Å². The van der Waals surface area contributed by atoms with Gasteiger partial charge in [0, 0.05) is 35.8 Å². The van der Waals surface area contributed by atoms with E-state index in [9.17, 15) is 14.9 Å². The van der Waals surface area contributed by atoms with Crippen LogP contribution in [0.15, 0.2) is 22.7 Å². The third-order valence-electron chi connectivity index (χ3n) is 2.46. The fourth-order valence-corrected chi connectivity index (χ4v) is 2.04. The van der Waals surface area contributed by atoms with Crippen LogP contribution in [-0.4, -0.2) is 29.3 Å². The summed E-state index contributed by atoms with van der Waals surface area (Å²) in [6.45, 7) is 1.97. The predicted octanol–water partition coefficient (Wildman–Crippen LogP) is 2.59. The van der Waals surface area contributed by atoms with Crippen LogP contribution in [0.1, 0.15) is 17.3 Å². The van der Waals surface area contributed by atoms with Crippen molar-refractivity contribution in [3.05, 3.63) is 38.3 Å². The van der Waals surface area contributed by atoms with Gasteiger partial charge in [-0.15, -0.1) is 0 Å². The van der Waals surface area contributed by atoms with Crippen molar-refractivity contribution in [3.63, 3.8) is 0 Å². The molecule has 100 valence electrons. The van der Waals surface area contributed by atoms with Crippen molar-refractivity contribution in [1.82, 2.24) is 4.90 Å². The van der Waals surface area contributed by atoms with Gasteiger partial charge in [-0.3, -0.25) is 14.9 Å². The molecule has 1 amide bonds. The standard InChI is InChI=1S/C12H12BrN3O3/c1-8(6-14)7-15(2)12(17)9-3-10(13)5-11(4-9)16(18)19/h3-5,8H,7H2,1-2H3. The Hall–Kier alpha value is -1.94. The summed E-state index contributed by atoms with van der Waals surface area (Å²) in [5, 5.41) is 19.5. The zero-order valence-electron chi connectivity index (χ0n) is 10.5. The lowest BCUT2D eigenvalue weighted by atomic mass is 10.1. The van der Waals surface area contributed by atoms with E-state index < -0.39 is 4.92 Å². The van der Waals surface area contributed by atoms with Gasteiger partial charge in [0.1, 0.15) is 0 Å². The van der Waals surface area contributed by atoms with E-state index in [1.54, 1.807) is 14.0 Å². The van der Waals surface area contributed by atoms with Crippen LogP contribution in [0.2, 0.25) is 0 Å². The molecule has 0 aliphatic heterocycles. The lowest BCUT2D eigenvalue weighted by Gasteiger charge is -2.18. The molecule has 0 spiro atoms. The number of nitro benzene ring substituents is 1. The van der Waals surface area contributed by atoms with Gasteiger partial charge in [0.25, 0.3) is 11.6 Å². The van der Waals surface area contributed by atoms with Crippen LogP contribution in [0.5, 0.6) is 0 Å². The van der Waals surface area contributed by atoms with E-state index in [2.05, 4.69) is 15.9 Å². The highest BCUT2D eigenvalue weighted by Gasteiger charge is 2.18. The SMILES string of the molecule is CC(C#N)CN(C)C(=O)c1cc(Br)cc([N+](=O)[O-])c1. The Bertz CT molecular complexity index is 554. The number of halogens is 1. The van der Waals surface area contributed by atoms with Crippen LogP contribution in [-0.2, 0) is 0 Å². The molecule has 1 rings (SSSR count). The molecule has 0 saturated carbocycles. The van der Waals surface area contributed by atoms with Crippen LogP contribution < -0.4 is 0 Å². The maximum absolute atomic E-state index is 12.1. The summed E-state index contributed by atoms with van der Waals surface area (Å²) in [7, 11) is 1.56. The molecule has 6 nitrogen and oxygen atoms in total. The molecule has 0 aliphatic carbocycles. The highest BCUT2D eigenvalue weighted by Crippen LogP contribution is 2.22. The highest BCUT2D eigenvalue weighted by molar-refractivity contribution is 9.10. The van der Waals surface area contributed by atoms with Gasteiger partial charge in [0.15, 0.2) is 0 Å². The van der Waals surface area contributed by atoms with Crippen LogP contribution in [0.3, 0.4) is 0 Å². The van der Waals surface area contributed by atoms with Gasteiger partial charge in [0.05, 0.1) is 16.9 Å². The van der Waals surface area contributed by atoms with Crippen molar-refractivity contribution < 1.29 is 9.72 Å². The Balaban J connectivity index is 3.00. The molecule has 0 saturated heterocycles. The number of nitro groups is 1. The number of nitriles is 1. The summed E-state index contributed by atoms with van der Waals surface area (Å²) in [4.78, 5) is 23.7. The molecule has 0 radical (unpaired) electrons. The molecule has 0 N–H and O–H groups in total. The second kappa shape index (κ2) is 6.29. The first-order valence-electron chi connectivity index (χ1n) is 5.45. The number of hydrogen-bond acceptors (Lipinski definition) is 4. The highest BCUT2D eigenvalue weighted by atomic mass is 79.9. The quantitative estimate of drug-likeness (QED) is 0.628. The predicted molar refractivity (Wildman–Crippen MR) is 72.5 cm³/mol. The van der Waals surface area contributed by atoms with Crippen molar-refractivity contribution in [2.75, 3.05) is 13.6 Å². The van der Waals surface area contributed by atoms with Gasteiger partial charge in [-0.1, -0.05) is 15.9 Å². The molecule has 0 fully saturated rings. The fraction of sp³-hybridized carbons (Fsp3) is 0.333. The molecular weight excluding hydrogens is 314 g/mol. The van der Waals surface area contributed by atoms with E-state index in [1.165, 1.54) is 23.1 Å². The fourth-order valence-electron chi connectivity index (χ4n) is 1.56. The van der Waals surface area contributed by atoms with Gasteiger partial charge in [0.2, 0.25) is 0 Å². The molecule has 0 bridgehead atoms. The monoisotopic (exact) mass is 325 g/mol. The maximum Gasteiger partial charge on any atom is 0.271 e. The molecule has 1 aromatic carbocycles. The minimum Gasteiger partial charge on any atom is -0.340 e. The van der Waals surface area contributed by atoms with E-state index in [4.69, 9.17) is 5.26 Å². The summed E-state index contributed by atoms with van der Waals surface area (Å²) >= 11 is 3.14. The molecule has 7 heteroatoms. The van der Waals surface area contributed by atoms with Gasteiger partial charge in [-0.05, 0) is 13.0 Å². The number of carbonyl (C=O) groups is 1. The number of amides is 1. The van der Waals surface area contributed by atoms with E-state index in [0.717, 1.165) is 0 Å². The van der Waals surface area contributed by atoms with E-state index in [1.807, 2.05) is 6.07 Å². The largest absolute Gasteiger partial charge is 0.340 e. The molecular formula is C12H12BrN3O3. The Labute approximate surface area is 118 Å². The topological polar surface area (TPSA) is 87.2 Å². The summed E-state index contributed by atoms with van der Waals surface area (Å²) in [5.41, 5.74) is 0.0631. The Kier molecular flexibility index (Phi) is 5.01. The molecule has 0 aromatic heterocycles. The summed E-state index contributed by atoms with van der Waals surface area (Å²) < 4.78 is 0.465. The van der Waals surface area contributed by atoms with Gasteiger partial charge < -0.3 is 4.90 Å². The first-order chi connectivity index (χ1) is 8.85. The molecule has 19 heavy (non-hydrogen) atoms.